The summed E-state index contributed by atoms with van der Waals surface area (Å²) in [6, 6.07) is 17.5. The van der Waals surface area contributed by atoms with E-state index in [1.165, 1.54) is 0 Å². The van der Waals surface area contributed by atoms with Crippen LogP contribution in [0.2, 0.25) is 0 Å². The zero-order valence-electron chi connectivity index (χ0n) is 13.2. The van der Waals surface area contributed by atoms with Gasteiger partial charge in [0.2, 0.25) is 5.91 Å². The molecule has 1 amide bonds. The zero-order chi connectivity index (χ0) is 15.9. The highest BCUT2D eigenvalue weighted by molar-refractivity contribution is 5.88. The van der Waals surface area contributed by atoms with Crippen molar-refractivity contribution in [3.8, 4) is 5.75 Å². The quantitative estimate of drug-likeness (QED) is 0.850. The van der Waals surface area contributed by atoms with Crippen molar-refractivity contribution in [2.24, 2.45) is 0 Å². The third-order valence-electron chi connectivity index (χ3n) is 3.29. The van der Waals surface area contributed by atoms with E-state index >= 15 is 0 Å². The van der Waals surface area contributed by atoms with Crippen LogP contribution in [-0.2, 0) is 4.79 Å². The van der Waals surface area contributed by atoms with Gasteiger partial charge in [0.25, 0.3) is 0 Å². The van der Waals surface area contributed by atoms with Gasteiger partial charge >= 0.3 is 0 Å². The molecule has 1 unspecified atom stereocenters. The molecule has 0 fully saturated rings. The largest absolute Gasteiger partial charge is 0.497 e. The smallest absolute Gasteiger partial charge is 0.244 e. The molecule has 0 heterocycles. The summed E-state index contributed by atoms with van der Waals surface area (Å²) in [5.74, 6) is 0.704. The van der Waals surface area contributed by atoms with Crippen LogP contribution in [-0.4, -0.2) is 13.0 Å². The van der Waals surface area contributed by atoms with Gasteiger partial charge in [0.1, 0.15) is 5.75 Å². The number of carbonyl (C=O) groups is 1. The summed E-state index contributed by atoms with van der Waals surface area (Å²) in [6.45, 7) is 3.81. The Hall–Kier alpha value is -2.55. The lowest BCUT2D eigenvalue weighted by Gasteiger charge is -2.19. The number of hydrogen-bond donors (Lipinski definition) is 1. The molecule has 0 aliphatic rings. The molecule has 2 rings (SSSR count). The molecule has 1 N–H and O–H groups in total. The van der Waals surface area contributed by atoms with Gasteiger partial charge in [-0.1, -0.05) is 48.0 Å². The van der Waals surface area contributed by atoms with Crippen LogP contribution in [0.4, 0.5) is 0 Å². The monoisotopic (exact) mass is 295 g/mol. The number of amides is 1. The van der Waals surface area contributed by atoms with E-state index in [-0.39, 0.29) is 11.9 Å². The Balaban J connectivity index is 2.32. The van der Waals surface area contributed by atoms with Crippen molar-refractivity contribution in [2.45, 2.75) is 19.9 Å². The molecule has 0 saturated carbocycles. The lowest BCUT2D eigenvalue weighted by molar-refractivity contribution is -0.117. The van der Waals surface area contributed by atoms with E-state index in [1.807, 2.05) is 68.4 Å². The van der Waals surface area contributed by atoms with E-state index in [4.69, 9.17) is 4.74 Å². The highest BCUT2D eigenvalue weighted by Crippen LogP contribution is 2.24. The molecule has 0 aromatic heterocycles. The first kappa shape index (κ1) is 15.8. The molecule has 114 valence electrons. The van der Waals surface area contributed by atoms with Crippen molar-refractivity contribution in [1.82, 2.24) is 5.32 Å². The summed E-state index contributed by atoms with van der Waals surface area (Å²) in [5, 5.41) is 3.06. The number of nitrogens with one attached hydrogen (secondary N) is 1. The number of rotatable bonds is 5. The maximum atomic E-state index is 12.1. The fourth-order valence-electron chi connectivity index (χ4n) is 2.25. The van der Waals surface area contributed by atoms with Gasteiger partial charge in [-0.25, -0.2) is 0 Å². The average Bonchev–Trinajstić information content (AvgIpc) is 2.53. The average molecular weight is 295 g/mol. The molecule has 0 saturated heterocycles. The summed E-state index contributed by atoms with van der Waals surface area (Å²) >= 11 is 0. The predicted octanol–water partition coefficient (Wildman–Crippen LogP) is 3.87. The van der Waals surface area contributed by atoms with Crippen LogP contribution in [0, 0.1) is 0 Å². The number of methoxy groups -OCH3 is 1. The van der Waals surface area contributed by atoms with Crippen molar-refractivity contribution in [2.75, 3.05) is 7.11 Å². The van der Waals surface area contributed by atoms with Gasteiger partial charge in [0, 0.05) is 6.08 Å². The second kappa shape index (κ2) is 7.46. The molecule has 2 aromatic carbocycles. The molecule has 0 aliphatic carbocycles. The molecule has 0 bridgehead atoms. The Labute approximate surface area is 131 Å². The van der Waals surface area contributed by atoms with E-state index in [0.29, 0.717) is 0 Å². The summed E-state index contributed by atoms with van der Waals surface area (Å²) in [5.41, 5.74) is 3.03. The SMILES string of the molecule is COc1ccc(C(NC(=O)C=C(C)C)c2ccccc2)cc1. The molecule has 22 heavy (non-hydrogen) atoms. The first-order valence-electron chi connectivity index (χ1n) is 7.24. The van der Waals surface area contributed by atoms with Crippen molar-refractivity contribution < 1.29 is 9.53 Å². The van der Waals surface area contributed by atoms with Gasteiger partial charge < -0.3 is 10.1 Å². The Bertz CT molecular complexity index is 641. The molecular formula is C19H21NO2. The van der Waals surface area contributed by atoms with E-state index in [1.54, 1.807) is 13.2 Å². The van der Waals surface area contributed by atoms with Gasteiger partial charge in [-0.2, -0.15) is 0 Å². The van der Waals surface area contributed by atoms with Crippen LogP contribution in [0.3, 0.4) is 0 Å². The topological polar surface area (TPSA) is 38.3 Å². The lowest BCUT2D eigenvalue weighted by Crippen LogP contribution is -2.27. The summed E-state index contributed by atoms with van der Waals surface area (Å²) < 4.78 is 5.19. The maximum Gasteiger partial charge on any atom is 0.244 e. The highest BCUT2D eigenvalue weighted by Gasteiger charge is 2.15. The Morgan fingerprint density at radius 1 is 1.00 bits per heavy atom. The van der Waals surface area contributed by atoms with Crippen LogP contribution in [0.5, 0.6) is 5.75 Å². The fourth-order valence-corrected chi connectivity index (χ4v) is 2.25. The number of allylic oxidation sites excluding steroid dienone is 1. The van der Waals surface area contributed by atoms with Crippen LogP contribution >= 0.6 is 0 Å². The van der Waals surface area contributed by atoms with E-state index in [2.05, 4.69) is 5.32 Å². The third-order valence-corrected chi connectivity index (χ3v) is 3.29. The highest BCUT2D eigenvalue weighted by atomic mass is 16.5. The lowest BCUT2D eigenvalue weighted by atomic mass is 9.98. The van der Waals surface area contributed by atoms with Gasteiger partial charge in [0.05, 0.1) is 13.2 Å². The molecule has 2 aromatic rings. The molecule has 0 spiro atoms. The summed E-state index contributed by atoms with van der Waals surface area (Å²) in [4.78, 5) is 12.1. The van der Waals surface area contributed by atoms with Gasteiger partial charge in [-0.15, -0.1) is 0 Å². The van der Waals surface area contributed by atoms with Crippen molar-refractivity contribution in [3.63, 3.8) is 0 Å². The predicted molar refractivity (Wildman–Crippen MR) is 88.9 cm³/mol. The minimum atomic E-state index is -0.185. The number of ether oxygens (including phenoxy) is 1. The Morgan fingerprint density at radius 2 is 1.59 bits per heavy atom. The van der Waals surface area contributed by atoms with Gasteiger partial charge in [0.15, 0.2) is 0 Å². The van der Waals surface area contributed by atoms with Crippen LogP contribution in [0.25, 0.3) is 0 Å². The van der Waals surface area contributed by atoms with Crippen molar-refractivity contribution in [1.29, 1.82) is 0 Å². The molecular weight excluding hydrogens is 274 g/mol. The minimum Gasteiger partial charge on any atom is -0.497 e. The number of carbonyl (C=O) groups excluding carboxylic acids is 1. The summed E-state index contributed by atoms with van der Waals surface area (Å²) in [7, 11) is 1.64. The van der Waals surface area contributed by atoms with E-state index < -0.39 is 0 Å². The fraction of sp³-hybridized carbons (Fsp3) is 0.211. The first-order chi connectivity index (χ1) is 10.6. The van der Waals surface area contributed by atoms with Crippen LogP contribution in [0.15, 0.2) is 66.2 Å². The normalized spacial score (nSPS) is 11.4. The van der Waals surface area contributed by atoms with Crippen LogP contribution < -0.4 is 10.1 Å². The second-order valence-corrected chi connectivity index (χ2v) is 5.35. The molecule has 0 radical (unpaired) electrons. The van der Waals surface area contributed by atoms with Gasteiger partial charge in [-0.3, -0.25) is 4.79 Å². The molecule has 3 heteroatoms. The maximum absolute atomic E-state index is 12.1. The van der Waals surface area contributed by atoms with Crippen molar-refractivity contribution in [3.05, 3.63) is 77.4 Å². The van der Waals surface area contributed by atoms with Gasteiger partial charge in [-0.05, 0) is 37.1 Å². The van der Waals surface area contributed by atoms with Crippen LogP contribution in [0.1, 0.15) is 31.0 Å². The molecule has 0 aliphatic heterocycles. The van der Waals surface area contributed by atoms with E-state index in [0.717, 1.165) is 22.4 Å². The zero-order valence-corrected chi connectivity index (χ0v) is 13.2. The molecule has 3 nitrogen and oxygen atoms in total. The van der Waals surface area contributed by atoms with E-state index in [9.17, 15) is 4.79 Å². The standard InChI is InChI=1S/C19H21NO2/c1-14(2)13-18(21)20-19(15-7-5-4-6-8-15)16-9-11-17(22-3)12-10-16/h4-13,19H,1-3H3,(H,20,21). The Kier molecular flexibility index (Phi) is 5.37. The summed E-state index contributed by atoms with van der Waals surface area (Å²) in [6.07, 6.45) is 1.61. The second-order valence-electron chi connectivity index (χ2n) is 5.35. The number of hydrogen-bond acceptors (Lipinski definition) is 2. The first-order valence-corrected chi connectivity index (χ1v) is 7.24. The third kappa shape index (κ3) is 4.22. The van der Waals surface area contributed by atoms with Crippen molar-refractivity contribution >= 4 is 5.91 Å². The minimum absolute atomic E-state index is 0.0929. The number of benzene rings is 2. The Morgan fingerprint density at radius 3 is 2.14 bits per heavy atom. The molecule has 1 atom stereocenters.